The predicted octanol–water partition coefficient (Wildman–Crippen LogP) is 9.32. The third-order valence-corrected chi connectivity index (χ3v) is 17.4. The minimum atomic E-state index is -2.95. The number of rotatable bonds is 10. The van der Waals surface area contributed by atoms with Gasteiger partial charge in [-0.15, -0.1) is 22.7 Å². The smallest absolute Gasteiger partial charge is 0.408 e. The average molecular weight is 809 g/mol. The maximum Gasteiger partial charge on any atom is 0.408 e. The number of carbonyl (C=O) groups is 2. The Bertz CT molecular complexity index is 2060. The summed E-state index contributed by atoms with van der Waals surface area (Å²) >= 11 is 3.29. The highest BCUT2D eigenvalue weighted by molar-refractivity contribution is 7.13. The van der Waals surface area contributed by atoms with Crippen LogP contribution in [0.4, 0.5) is 4.79 Å². The van der Waals surface area contributed by atoms with E-state index in [0.29, 0.717) is 13.0 Å². The lowest BCUT2D eigenvalue weighted by molar-refractivity contribution is -0.137. The van der Waals surface area contributed by atoms with E-state index in [1.807, 2.05) is 77.2 Å². The van der Waals surface area contributed by atoms with Gasteiger partial charge in [-0.1, -0.05) is 126 Å². The number of amides is 2. The number of benzene rings is 3. The first kappa shape index (κ1) is 41.5. The second kappa shape index (κ2) is 16.4. The largest absolute Gasteiger partial charge is 0.444 e. The Labute approximate surface area is 341 Å². The number of likely N-dealkylation sites (tertiary alicyclic amines) is 1. The van der Waals surface area contributed by atoms with Crippen molar-refractivity contribution in [3.63, 3.8) is 0 Å². The van der Waals surface area contributed by atoms with Gasteiger partial charge in [0.1, 0.15) is 16.7 Å². The molecule has 3 aromatic carbocycles. The second-order valence-corrected chi connectivity index (χ2v) is 24.2. The third-order valence-electron chi connectivity index (χ3n) is 10.3. The normalized spacial score (nSPS) is 17.1. The van der Waals surface area contributed by atoms with E-state index in [1.165, 1.54) is 26.4 Å². The first-order valence-corrected chi connectivity index (χ1v) is 23.0. The number of thiazole rings is 2. The van der Waals surface area contributed by atoms with E-state index < -0.39 is 31.5 Å². The molecule has 0 bridgehead atoms. The molecule has 1 saturated heterocycles. The summed E-state index contributed by atoms with van der Waals surface area (Å²) in [6.45, 7) is 20.6. The van der Waals surface area contributed by atoms with Gasteiger partial charge in [0, 0.05) is 30.5 Å². The molecular formula is C45H56N4O4S2Si. The average Bonchev–Trinajstić information content (AvgIpc) is 3.89. The van der Waals surface area contributed by atoms with E-state index in [1.54, 1.807) is 22.7 Å². The highest BCUT2D eigenvalue weighted by Crippen LogP contribution is 2.43. The molecule has 1 aliphatic heterocycles. The molecule has 1 fully saturated rings. The molecule has 1 aliphatic rings. The zero-order valence-corrected chi connectivity index (χ0v) is 37.0. The van der Waals surface area contributed by atoms with Gasteiger partial charge in [0.05, 0.1) is 28.2 Å². The molecule has 3 heterocycles. The first-order valence-electron chi connectivity index (χ1n) is 19.4. The van der Waals surface area contributed by atoms with Crippen molar-refractivity contribution in [1.82, 2.24) is 20.2 Å². The standard InChI is InChI=1S/C45H56N4O4S2Si/c1-30-38(54-29-47-30)32-23-21-31(22-24-32)25-34-27-46-40(55-34)37-26-33(28-49(37)41(50)39(43(2,3)4)48-42(51)52-44(5,6)7)53-56(45(8,9)10,35-17-13-11-14-18-35)36-19-15-12-16-20-36/h11-24,27,29,33,37,39H,25-26,28H2,1-10H3,(H,48,51)/t33-,37+,39?/m1/s1. The number of ether oxygens (including phenoxy) is 1. The molecular weight excluding hydrogens is 753 g/mol. The van der Waals surface area contributed by atoms with E-state index in [-0.39, 0.29) is 23.1 Å². The molecule has 2 aromatic heterocycles. The Kier molecular flexibility index (Phi) is 12.1. The summed E-state index contributed by atoms with van der Waals surface area (Å²) in [6.07, 6.45) is 2.35. The topological polar surface area (TPSA) is 93.7 Å². The van der Waals surface area contributed by atoms with E-state index >= 15 is 0 Å². The number of carbonyl (C=O) groups excluding carboxylic acids is 2. The predicted molar refractivity (Wildman–Crippen MR) is 231 cm³/mol. The summed E-state index contributed by atoms with van der Waals surface area (Å²) in [7, 11) is -2.95. The van der Waals surface area contributed by atoms with Crippen molar-refractivity contribution >= 4 is 53.4 Å². The maximum absolute atomic E-state index is 15.0. The lowest BCUT2D eigenvalue weighted by atomic mass is 9.85. The highest BCUT2D eigenvalue weighted by Gasteiger charge is 2.54. The van der Waals surface area contributed by atoms with Gasteiger partial charge < -0.3 is 19.4 Å². The number of hydrogen-bond acceptors (Lipinski definition) is 8. The van der Waals surface area contributed by atoms with Crippen LogP contribution in [-0.4, -0.2) is 59.5 Å². The number of nitrogens with one attached hydrogen (secondary N) is 1. The van der Waals surface area contributed by atoms with Crippen LogP contribution in [0.3, 0.4) is 0 Å². The molecule has 0 spiro atoms. The highest BCUT2D eigenvalue weighted by atomic mass is 32.1. The van der Waals surface area contributed by atoms with E-state index in [2.05, 4.69) is 104 Å². The van der Waals surface area contributed by atoms with Crippen LogP contribution < -0.4 is 15.7 Å². The number of hydrogen-bond donors (Lipinski definition) is 1. The van der Waals surface area contributed by atoms with Crippen molar-refractivity contribution in [3.05, 3.63) is 118 Å². The van der Waals surface area contributed by atoms with E-state index in [0.717, 1.165) is 22.0 Å². The molecule has 11 heteroatoms. The number of aryl methyl sites for hydroxylation is 1. The van der Waals surface area contributed by atoms with Gasteiger partial charge in [-0.3, -0.25) is 4.79 Å². The van der Waals surface area contributed by atoms with Gasteiger partial charge in [-0.2, -0.15) is 0 Å². The Morgan fingerprint density at radius 1 is 0.875 bits per heavy atom. The van der Waals surface area contributed by atoms with E-state index in [9.17, 15) is 9.59 Å². The van der Waals surface area contributed by atoms with Crippen LogP contribution >= 0.6 is 22.7 Å². The molecule has 0 saturated carbocycles. The van der Waals surface area contributed by atoms with Crippen molar-refractivity contribution in [2.45, 2.75) is 111 Å². The molecule has 6 rings (SSSR count). The fourth-order valence-corrected chi connectivity index (χ4v) is 14.2. The Morgan fingerprint density at radius 3 is 2.00 bits per heavy atom. The zero-order chi connectivity index (χ0) is 40.5. The number of nitrogens with zero attached hydrogens (tertiary/aromatic N) is 3. The lowest BCUT2D eigenvalue weighted by Crippen LogP contribution is -2.68. The van der Waals surface area contributed by atoms with Gasteiger partial charge in [-0.25, -0.2) is 14.8 Å². The van der Waals surface area contributed by atoms with Crippen LogP contribution in [-0.2, 0) is 20.4 Å². The van der Waals surface area contributed by atoms with Crippen molar-refractivity contribution in [1.29, 1.82) is 0 Å². The van der Waals surface area contributed by atoms with Crippen LogP contribution in [0.2, 0.25) is 5.04 Å². The summed E-state index contributed by atoms with van der Waals surface area (Å²) in [6, 6.07) is 28.7. The molecule has 5 aromatic rings. The minimum absolute atomic E-state index is 0.174. The van der Waals surface area contributed by atoms with Crippen molar-refractivity contribution in [2.24, 2.45) is 5.41 Å². The monoisotopic (exact) mass is 808 g/mol. The van der Waals surface area contributed by atoms with Crippen LogP contribution in [0.1, 0.15) is 95.9 Å². The van der Waals surface area contributed by atoms with Gasteiger partial charge in [0.15, 0.2) is 0 Å². The summed E-state index contributed by atoms with van der Waals surface area (Å²) < 4.78 is 13.3. The van der Waals surface area contributed by atoms with Crippen LogP contribution in [0.15, 0.2) is 96.6 Å². The van der Waals surface area contributed by atoms with Crippen molar-refractivity contribution in [2.75, 3.05) is 6.54 Å². The molecule has 0 aliphatic carbocycles. The lowest BCUT2D eigenvalue weighted by Gasteiger charge is -2.44. The molecule has 296 valence electrons. The Balaban J connectivity index is 1.35. The molecule has 1 unspecified atom stereocenters. The summed E-state index contributed by atoms with van der Waals surface area (Å²) in [5.74, 6) is -0.174. The molecule has 1 N–H and O–H groups in total. The van der Waals surface area contributed by atoms with Gasteiger partial charge in [0.25, 0.3) is 8.32 Å². The third kappa shape index (κ3) is 9.17. The van der Waals surface area contributed by atoms with E-state index in [4.69, 9.17) is 14.1 Å². The molecule has 56 heavy (non-hydrogen) atoms. The zero-order valence-electron chi connectivity index (χ0n) is 34.4. The fraction of sp³-hybridized carbons (Fsp3) is 0.422. The fourth-order valence-electron chi connectivity index (χ4n) is 7.65. The maximum atomic E-state index is 15.0. The first-order chi connectivity index (χ1) is 26.4. The van der Waals surface area contributed by atoms with Crippen LogP contribution in [0.25, 0.3) is 10.4 Å². The second-order valence-electron chi connectivity index (χ2n) is 17.9. The molecule has 8 nitrogen and oxygen atoms in total. The van der Waals surface area contributed by atoms with Crippen molar-refractivity contribution in [3.8, 4) is 10.4 Å². The number of aromatic nitrogens is 2. The van der Waals surface area contributed by atoms with Crippen molar-refractivity contribution < 1.29 is 18.8 Å². The van der Waals surface area contributed by atoms with Crippen LogP contribution in [0, 0.1) is 12.3 Å². The van der Waals surface area contributed by atoms with Gasteiger partial charge in [-0.05, 0) is 59.6 Å². The molecule has 0 radical (unpaired) electrons. The van der Waals surface area contributed by atoms with Crippen LogP contribution in [0.5, 0.6) is 0 Å². The molecule has 2 amide bonds. The van der Waals surface area contributed by atoms with Gasteiger partial charge >= 0.3 is 6.09 Å². The minimum Gasteiger partial charge on any atom is -0.444 e. The Morgan fingerprint density at radius 2 is 1.48 bits per heavy atom. The Hall–Kier alpha value is -4.16. The van der Waals surface area contributed by atoms with Gasteiger partial charge in [0.2, 0.25) is 5.91 Å². The SMILES string of the molecule is Cc1ncsc1-c1ccc(Cc2cnc([C@@H]3C[C@@H](O[Si](c4ccccc4)(c4ccccc4)C(C)(C)C)CN3C(=O)C(NC(=O)OC(C)(C)C)C(C)(C)C)s2)cc1. The quantitative estimate of drug-likeness (QED) is 0.142. The summed E-state index contributed by atoms with van der Waals surface area (Å²) in [5, 5.41) is 5.95. The summed E-state index contributed by atoms with van der Waals surface area (Å²) in [5.41, 5.74) is 3.96. The summed E-state index contributed by atoms with van der Waals surface area (Å²) in [4.78, 5) is 41.8. The number of alkyl carbamates (subject to hydrolysis) is 1. The molecule has 3 atom stereocenters.